The molecular weight excluding hydrogens is 206 g/mol. The van der Waals surface area contributed by atoms with Gasteiger partial charge in [0.1, 0.15) is 0 Å². The summed E-state index contributed by atoms with van der Waals surface area (Å²) in [4.78, 5) is 12.1. The molecule has 0 saturated heterocycles. The maximum Gasteiger partial charge on any atom is 0.234 e. The molecule has 5 nitrogen and oxygen atoms in total. The lowest BCUT2D eigenvalue weighted by Gasteiger charge is -2.24. The number of hydrogen-bond acceptors (Lipinski definition) is 4. The van der Waals surface area contributed by atoms with Crippen LogP contribution >= 0.6 is 0 Å². The van der Waals surface area contributed by atoms with Crippen LogP contribution in [0.3, 0.4) is 0 Å². The van der Waals surface area contributed by atoms with Gasteiger partial charge < -0.3 is 10.3 Å². The molecule has 1 aliphatic rings. The summed E-state index contributed by atoms with van der Waals surface area (Å²) >= 11 is 0. The normalized spacial score (nSPS) is 18.6. The Labute approximate surface area is 94.4 Å². The van der Waals surface area contributed by atoms with Crippen molar-refractivity contribution < 1.29 is 9.32 Å². The summed E-state index contributed by atoms with van der Waals surface area (Å²) in [7, 11) is 0. The average molecular weight is 223 g/mol. The Morgan fingerprint density at radius 2 is 2.31 bits per heavy atom. The molecule has 1 heterocycles. The Hall–Kier alpha value is -1.36. The van der Waals surface area contributed by atoms with Crippen LogP contribution in [-0.4, -0.2) is 17.6 Å². The maximum atomic E-state index is 12.1. The van der Waals surface area contributed by atoms with Gasteiger partial charge in [0.25, 0.3) is 0 Å². The molecule has 0 spiro atoms. The number of anilines is 1. The van der Waals surface area contributed by atoms with Gasteiger partial charge in [-0.2, -0.15) is 0 Å². The lowest BCUT2D eigenvalue weighted by atomic mass is 9.85. The molecule has 1 aromatic heterocycles. The van der Waals surface area contributed by atoms with Crippen LogP contribution in [0.4, 0.5) is 5.88 Å². The fourth-order valence-corrected chi connectivity index (χ4v) is 2.24. The summed E-state index contributed by atoms with van der Waals surface area (Å²) < 4.78 is 4.96. The van der Waals surface area contributed by atoms with Crippen LogP contribution in [-0.2, 0) is 4.79 Å². The van der Waals surface area contributed by atoms with E-state index in [0.717, 1.165) is 31.4 Å². The number of nitrogens with two attached hydrogens (primary N) is 1. The second-order valence-corrected chi connectivity index (χ2v) is 4.48. The average Bonchev–Trinajstić information content (AvgIpc) is 2.88. The summed E-state index contributed by atoms with van der Waals surface area (Å²) in [5.41, 5.74) is 6.07. The van der Waals surface area contributed by atoms with Gasteiger partial charge in [0.15, 0.2) is 0 Å². The molecule has 0 atom stereocenters. The zero-order valence-corrected chi connectivity index (χ0v) is 9.45. The van der Waals surface area contributed by atoms with Crippen molar-refractivity contribution in [1.29, 1.82) is 0 Å². The van der Waals surface area contributed by atoms with Crippen LogP contribution in [0.15, 0.2) is 10.6 Å². The molecule has 2 rings (SSSR count). The molecule has 1 aliphatic carbocycles. The Morgan fingerprint density at radius 3 is 2.81 bits per heavy atom. The largest absolute Gasteiger partial charge is 0.338 e. The third kappa shape index (κ3) is 1.95. The molecular formula is C11H17N3O2. The van der Waals surface area contributed by atoms with E-state index >= 15 is 0 Å². The molecule has 1 fully saturated rings. The zero-order chi connectivity index (χ0) is 11.6. The number of rotatable bonds is 3. The van der Waals surface area contributed by atoms with Gasteiger partial charge in [-0.1, -0.05) is 18.0 Å². The molecule has 16 heavy (non-hydrogen) atoms. The summed E-state index contributed by atoms with van der Waals surface area (Å²) in [6, 6.07) is 1.71. The molecule has 0 unspecified atom stereocenters. The molecule has 3 N–H and O–H groups in total. The summed E-state index contributed by atoms with van der Waals surface area (Å²) in [6.07, 6.45) is 3.87. The van der Waals surface area contributed by atoms with Gasteiger partial charge >= 0.3 is 0 Å². The molecule has 0 radical (unpaired) electrons. The van der Waals surface area contributed by atoms with Gasteiger partial charge in [-0.15, -0.1) is 0 Å². The van der Waals surface area contributed by atoms with E-state index in [-0.39, 0.29) is 5.91 Å². The van der Waals surface area contributed by atoms with Crippen molar-refractivity contribution in [1.82, 2.24) is 5.16 Å². The molecule has 0 aliphatic heterocycles. The number of carbonyl (C=O) groups excluding carboxylic acids is 1. The number of nitrogens with one attached hydrogen (secondary N) is 1. The quantitative estimate of drug-likeness (QED) is 0.812. The molecule has 1 saturated carbocycles. The first-order chi connectivity index (χ1) is 7.66. The first-order valence-electron chi connectivity index (χ1n) is 5.61. The number of hydrogen-bond donors (Lipinski definition) is 2. The van der Waals surface area contributed by atoms with Crippen molar-refractivity contribution in [3.8, 4) is 0 Å². The van der Waals surface area contributed by atoms with E-state index in [1.807, 2.05) is 6.92 Å². The first kappa shape index (κ1) is 11.1. The van der Waals surface area contributed by atoms with Gasteiger partial charge in [0.05, 0.1) is 11.1 Å². The number of amides is 1. The number of aromatic nitrogens is 1. The van der Waals surface area contributed by atoms with Gasteiger partial charge in [0.2, 0.25) is 11.8 Å². The molecule has 5 heteroatoms. The van der Waals surface area contributed by atoms with Crippen molar-refractivity contribution in [2.24, 2.45) is 11.1 Å². The molecule has 1 aromatic rings. The van der Waals surface area contributed by atoms with Crippen molar-refractivity contribution >= 4 is 11.8 Å². The van der Waals surface area contributed by atoms with Crippen LogP contribution in [0.5, 0.6) is 0 Å². The molecule has 0 bridgehead atoms. The second-order valence-electron chi connectivity index (χ2n) is 4.48. The number of carbonyl (C=O) groups is 1. The maximum absolute atomic E-state index is 12.1. The van der Waals surface area contributed by atoms with Gasteiger partial charge in [-0.25, -0.2) is 0 Å². The van der Waals surface area contributed by atoms with Crippen LogP contribution in [0.2, 0.25) is 0 Å². The predicted molar refractivity (Wildman–Crippen MR) is 59.8 cm³/mol. The fourth-order valence-electron chi connectivity index (χ4n) is 2.24. The van der Waals surface area contributed by atoms with Crippen molar-refractivity contribution in [2.45, 2.75) is 32.6 Å². The third-order valence-electron chi connectivity index (χ3n) is 3.30. The fraction of sp³-hybridized carbons (Fsp3) is 0.636. The van der Waals surface area contributed by atoms with Gasteiger partial charge in [-0.3, -0.25) is 10.1 Å². The highest BCUT2D eigenvalue weighted by atomic mass is 16.5. The van der Waals surface area contributed by atoms with Crippen molar-refractivity contribution in [3.63, 3.8) is 0 Å². The lowest BCUT2D eigenvalue weighted by Crippen LogP contribution is -2.40. The highest BCUT2D eigenvalue weighted by Gasteiger charge is 2.40. The van der Waals surface area contributed by atoms with E-state index in [1.54, 1.807) is 6.07 Å². The van der Waals surface area contributed by atoms with Gasteiger partial charge in [-0.05, 0) is 19.8 Å². The van der Waals surface area contributed by atoms with E-state index in [4.69, 9.17) is 10.3 Å². The van der Waals surface area contributed by atoms with Gasteiger partial charge in [0, 0.05) is 12.6 Å². The molecule has 0 aromatic carbocycles. The van der Waals surface area contributed by atoms with E-state index in [0.29, 0.717) is 12.4 Å². The molecule has 88 valence electrons. The first-order valence-corrected chi connectivity index (χ1v) is 5.61. The third-order valence-corrected chi connectivity index (χ3v) is 3.30. The number of aryl methyl sites for hydroxylation is 1. The minimum absolute atomic E-state index is 0.0383. The topological polar surface area (TPSA) is 81.2 Å². The standard InChI is InChI=1S/C11H17N3O2/c1-8-6-9(16-14-8)13-10(15)11(7-12)4-2-3-5-11/h6H,2-5,7,12H2,1H3,(H,13,15). The highest BCUT2D eigenvalue weighted by molar-refractivity contribution is 5.94. The second kappa shape index (κ2) is 4.25. The smallest absolute Gasteiger partial charge is 0.234 e. The van der Waals surface area contributed by atoms with E-state index in [2.05, 4.69) is 10.5 Å². The Kier molecular flexibility index (Phi) is 2.96. The number of nitrogens with zero attached hydrogens (tertiary/aromatic N) is 1. The minimum atomic E-state index is -0.402. The monoisotopic (exact) mass is 223 g/mol. The SMILES string of the molecule is Cc1cc(NC(=O)C2(CN)CCCC2)on1. The zero-order valence-electron chi connectivity index (χ0n) is 9.45. The summed E-state index contributed by atoms with van der Waals surface area (Å²) in [5, 5.41) is 6.47. The van der Waals surface area contributed by atoms with E-state index in [9.17, 15) is 4.79 Å². The Balaban J connectivity index is 2.07. The predicted octanol–water partition coefficient (Wildman–Crippen LogP) is 1.44. The van der Waals surface area contributed by atoms with E-state index < -0.39 is 5.41 Å². The molecule has 1 amide bonds. The van der Waals surface area contributed by atoms with Crippen LogP contribution in [0.1, 0.15) is 31.4 Å². The summed E-state index contributed by atoms with van der Waals surface area (Å²) in [6.45, 7) is 2.21. The van der Waals surface area contributed by atoms with Crippen molar-refractivity contribution in [2.75, 3.05) is 11.9 Å². The van der Waals surface area contributed by atoms with Crippen molar-refractivity contribution in [3.05, 3.63) is 11.8 Å². The lowest BCUT2D eigenvalue weighted by molar-refractivity contribution is -0.125. The Morgan fingerprint density at radius 1 is 1.62 bits per heavy atom. The van der Waals surface area contributed by atoms with Crippen LogP contribution in [0, 0.1) is 12.3 Å². The summed E-state index contributed by atoms with van der Waals surface area (Å²) in [5.74, 6) is 0.367. The van der Waals surface area contributed by atoms with Crippen LogP contribution in [0.25, 0.3) is 0 Å². The minimum Gasteiger partial charge on any atom is -0.338 e. The Bertz CT molecular complexity index is 380. The highest BCUT2D eigenvalue weighted by Crippen LogP contribution is 2.38. The van der Waals surface area contributed by atoms with E-state index in [1.165, 1.54) is 0 Å². The van der Waals surface area contributed by atoms with Crippen LogP contribution < -0.4 is 11.1 Å².